The van der Waals surface area contributed by atoms with Gasteiger partial charge < -0.3 is 9.64 Å². The van der Waals surface area contributed by atoms with Crippen molar-refractivity contribution in [2.75, 3.05) is 31.2 Å². The summed E-state index contributed by atoms with van der Waals surface area (Å²) in [4.78, 5) is 13.9. The van der Waals surface area contributed by atoms with Gasteiger partial charge in [0.15, 0.2) is 5.78 Å². The van der Waals surface area contributed by atoms with Gasteiger partial charge in [-0.25, -0.2) is 4.39 Å². The van der Waals surface area contributed by atoms with Crippen LogP contribution in [-0.2, 0) is 11.8 Å². The molecule has 0 aliphatic carbocycles. The molecule has 0 unspecified atom stereocenters. The number of rotatable bonds is 4. The van der Waals surface area contributed by atoms with Crippen molar-refractivity contribution in [2.24, 2.45) is 7.05 Å². The van der Waals surface area contributed by atoms with E-state index < -0.39 is 0 Å². The van der Waals surface area contributed by atoms with Crippen molar-refractivity contribution >= 4 is 17.5 Å². The molecule has 0 amide bonds. The number of halogens is 1. The summed E-state index contributed by atoms with van der Waals surface area (Å²) in [5.74, 6) is -0.446. The number of aromatic nitrogens is 2. The lowest BCUT2D eigenvalue weighted by Gasteiger charge is -2.29. The summed E-state index contributed by atoms with van der Waals surface area (Å²) in [7, 11) is 1.75. The zero-order valence-corrected chi connectivity index (χ0v) is 12.9. The second-order valence-corrected chi connectivity index (χ2v) is 5.41. The van der Waals surface area contributed by atoms with Gasteiger partial charge in [0.1, 0.15) is 5.82 Å². The molecule has 120 valence electrons. The van der Waals surface area contributed by atoms with Gasteiger partial charge in [-0.15, -0.1) is 0 Å². The van der Waals surface area contributed by atoms with E-state index in [0.29, 0.717) is 43.1 Å². The Kier molecular flexibility index (Phi) is 4.52. The molecule has 1 aliphatic rings. The lowest BCUT2D eigenvalue weighted by atomic mass is 10.1. The first-order valence-corrected chi connectivity index (χ1v) is 7.47. The van der Waals surface area contributed by atoms with Gasteiger partial charge in [-0.05, 0) is 23.8 Å². The highest BCUT2D eigenvalue weighted by molar-refractivity contribution is 6.06. The van der Waals surface area contributed by atoms with Gasteiger partial charge in [0.05, 0.1) is 30.7 Å². The number of hydrogen-bond acceptors (Lipinski definition) is 4. The molecule has 3 rings (SSSR count). The van der Waals surface area contributed by atoms with E-state index in [-0.39, 0.29) is 11.6 Å². The van der Waals surface area contributed by atoms with E-state index in [1.165, 1.54) is 18.3 Å². The van der Waals surface area contributed by atoms with Crippen LogP contribution >= 0.6 is 0 Å². The number of carbonyl (C=O) groups excluding carboxylic acids is 1. The van der Waals surface area contributed by atoms with Crippen LogP contribution in [0, 0.1) is 5.82 Å². The zero-order valence-electron chi connectivity index (χ0n) is 12.9. The predicted octanol–water partition coefficient (Wildman–Crippen LogP) is 2.29. The molecule has 1 aromatic heterocycles. The lowest BCUT2D eigenvalue weighted by Crippen LogP contribution is -2.36. The monoisotopic (exact) mass is 315 g/mol. The summed E-state index contributed by atoms with van der Waals surface area (Å²) >= 11 is 0. The fourth-order valence-corrected chi connectivity index (χ4v) is 2.50. The highest BCUT2D eigenvalue weighted by Crippen LogP contribution is 2.22. The first kappa shape index (κ1) is 15.4. The molecule has 1 saturated heterocycles. The topological polar surface area (TPSA) is 47.4 Å². The minimum atomic E-state index is -0.289. The molecule has 2 aromatic rings. The normalized spacial score (nSPS) is 15.3. The maximum atomic E-state index is 14.3. The largest absolute Gasteiger partial charge is 0.378 e. The summed E-state index contributed by atoms with van der Waals surface area (Å²) < 4.78 is 21.1. The van der Waals surface area contributed by atoms with E-state index in [1.807, 2.05) is 4.90 Å². The fraction of sp³-hybridized carbons (Fsp3) is 0.294. The maximum Gasteiger partial charge on any atom is 0.189 e. The Morgan fingerprint density at radius 1 is 1.35 bits per heavy atom. The summed E-state index contributed by atoms with van der Waals surface area (Å²) in [6.45, 7) is 2.60. The molecule has 1 aliphatic heterocycles. The van der Waals surface area contributed by atoms with Gasteiger partial charge in [-0.1, -0.05) is 12.1 Å². The molecule has 0 N–H and O–H groups in total. The Morgan fingerprint density at radius 3 is 2.78 bits per heavy atom. The molecule has 0 atom stereocenters. The quantitative estimate of drug-likeness (QED) is 0.641. The van der Waals surface area contributed by atoms with Crippen molar-refractivity contribution in [1.82, 2.24) is 9.78 Å². The first-order valence-electron chi connectivity index (χ1n) is 7.47. The molecule has 1 aromatic carbocycles. The molecular weight excluding hydrogens is 297 g/mol. The van der Waals surface area contributed by atoms with Gasteiger partial charge >= 0.3 is 0 Å². The fourth-order valence-electron chi connectivity index (χ4n) is 2.50. The molecule has 23 heavy (non-hydrogen) atoms. The average Bonchev–Trinajstić information content (AvgIpc) is 3.00. The number of aryl methyl sites for hydroxylation is 1. The van der Waals surface area contributed by atoms with Crippen molar-refractivity contribution < 1.29 is 13.9 Å². The lowest BCUT2D eigenvalue weighted by molar-refractivity contribution is 0.104. The van der Waals surface area contributed by atoms with E-state index in [9.17, 15) is 9.18 Å². The number of ether oxygens (including phenoxy) is 1. The maximum absolute atomic E-state index is 14.3. The molecule has 0 radical (unpaired) electrons. The number of ketones is 1. The van der Waals surface area contributed by atoms with Crippen molar-refractivity contribution in [1.29, 1.82) is 0 Å². The van der Waals surface area contributed by atoms with E-state index in [2.05, 4.69) is 5.10 Å². The molecule has 0 spiro atoms. The molecule has 2 heterocycles. The highest BCUT2D eigenvalue weighted by Gasteiger charge is 2.15. The molecule has 6 heteroatoms. The third-order valence-electron chi connectivity index (χ3n) is 3.74. The predicted molar refractivity (Wildman–Crippen MR) is 86.0 cm³/mol. The van der Waals surface area contributed by atoms with Crippen molar-refractivity contribution in [3.8, 4) is 0 Å². The van der Waals surface area contributed by atoms with Gasteiger partial charge in [-0.2, -0.15) is 5.10 Å². The Hall–Kier alpha value is -2.47. The third-order valence-corrected chi connectivity index (χ3v) is 3.74. The van der Waals surface area contributed by atoms with Crippen LogP contribution in [0.15, 0.2) is 36.7 Å². The standard InChI is InChI=1S/C17H18FN3O2/c1-20-12-14(11-19-20)17(22)5-3-13-2-4-16(15(18)10-13)21-6-8-23-9-7-21/h2-5,10-12H,6-9H2,1H3/b5-3-. The number of allylic oxidation sites excluding steroid dienone is 1. The van der Waals surface area contributed by atoms with Crippen LogP contribution in [0.25, 0.3) is 6.08 Å². The number of benzene rings is 1. The van der Waals surface area contributed by atoms with Crippen molar-refractivity contribution in [3.05, 3.63) is 53.6 Å². The van der Waals surface area contributed by atoms with Crippen molar-refractivity contribution in [3.63, 3.8) is 0 Å². The Balaban J connectivity index is 1.72. The Labute approximate surface area is 134 Å². The summed E-state index contributed by atoms with van der Waals surface area (Å²) in [5.41, 5.74) is 1.73. The van der Waals surface area contributed by atoms with Crippen LogP contribution in [0.4, 0.5) is 10.1 Å². The number of morpholine rings is 1. The molecular formula is C17H18FN3O2. The van der Waals surface area contributed by atoms with Crippen LogP contribution in [0.1, 0.15) is 15.9 Å². The second-order valence-electron chi connectivity index (χ2n) is 5.41. The smallest absolute Gasteiger partial charge is 0.189 e. The van der Waals surface area contributed by atoms with Crippen LogP contribution in [0.2, 0.25) is 0 Å². The average molecular weight is 315 g/mol. The van der Waals surface area contributed by atoms with E-state index in [0.717, 1.165) is 0 Å². The molecule has 1 fully saturated rings. The minimum Gasteiger partial charge on any atom is -0.378 e. The number of carbonyl (C=O) groups is 1. The zero-order chi connectivity index (χ0) is 16.2. The van der Waals surface area contributed by atoms with Gasteiger partial charge in [0.25, 0.3) is 0 Å². The highest BCUT2D eigenvalue weighted by atomic mass is 19.1. The van der Waals surface area contributed by atoms with Gasteiger partial charge in [-0.3, -0.25) is 9.48 Å². The van der Waals surface area contributed by atoms with Crippen LogP contribution in [0.3, 0.4) is 0 Å². The Morgan fingerprint density at radius 2 is 2.13 bits per heavy atom. The number of hydrogen-bond donors (Lipinski definition) is 0. The minimum absolute atomic E-state index is 0.157. The third kappa shape index (κ3) is 3.65. The second kappa shape index (κ2) is 6.75. The van der Waals surface area contributed by atoms with Gasteiger partial charge in [0.2, 0.25) is 0 Å². The van der Waals surface area contributed by atoms with Gasteiger partial charge in [0, 0.05) is 26.3 Å². The molecule has 0 bridgehead atoms. The molecule has 5 nitrogen and oxygen atoms in total. The number of anilines is 1. The summed E-state index contributed by atoms with van der Waals surface area (Å²) in [6, 6.07) is 4.99. The van der Waals surface area contributed by atoms with E-state index >= 15 is 0 Å². The first-order chi connectivity index (χ1) is 11.1. The SMILES string of the molecule is Cn1cc(C(=O)/C=C\c2ccc(N3CCOCC3)c(F)c2)cn1. The van der Waals surface area contributed by atoms with Crippen LogP contribution < -0.4 is 4.90 Å². The Bertz CT molecular complexity index is 733. The van der Waals surface area contributed by atoms with Crippen molar-refractivity contribution in [2.45, 2.75) is 0 Å². The summed E-state index contributed by atoms with van der Waals surface area (Å²) in [5, 5.41) is 3.96. The summed E-state index contributed by atoms with van der Waals surface area (Å²) in [6.07, 6.45) is 6.20. The van der Waals surface area contributed by atoms with E-state index in [4.69, 9.17) is 4.74 Å². The number of nitrogens with zero attached hydrogens (tertiary/aromatic N) is 3. The van der Waals surface area contributed by atoms with E-state index in [1.54, 1.807) is 36.1 Å². The van der Waals surface area contributed by atoms with Crippen LogP contribution in [0.5, 0.6) is 0 Å². The molecule has 0 saturated carbocycles. The van der Waals surface area contributed by atoms with Crippen LogP contribution in [-0.4, -0.2) is 41.9 Å².